The Kier molecular flexibility index (Phi) is 23.9. The van der Waals surface area contributed by atoms with Crippen LogP contribution in [0.15, 0.2) is 86.0 Å². The van der Waals surface area contributed by atoms with Crippen LogP contribution in [0.3, 0.4) is 0 Å². The number of hydrogen-bond acceptors (Lipinski definition) is 14. The number of hydrogen-bond donors (Lipinski definition) is 0. The minimum Gasteiger partial charge on any atom is -0.462 e. The smallest absolute Gasteiger partial charge is 0.318 e. The zero-order valence-electron chi connectivity index (χ0n) is 53.6. The minimum absolute atomic E-state index is 0. The first-order chi connectivity index (χ1) is 44.5. The van der Waals surface area contributed by atoms with Crippen molar-refractivity contribution in [1.82, 2.24) is 39.5 Å². The molecular weight excluding hydrogens is 1260 g/mol. The summed E-state index contributed by atoms with van der Waals surface area (Å²) in [6.45, 7) is 33.8. The molecule has 6 aromatic rings. The maximum absolute atomic E-state index is 14.0. The van der Waals surface area contributed by atoms with Crippen molar-refractivity contribution in [2.24, 2.45) is 11.8 Å². The lowest BCUT2D eigenvalue weighted by Gasteiger charge is -2.41. The number of amides is 2. The van der Waals surface area contributed by atoms with Gasteiger partial charge in [0.1, 0.15) is 36.9 Å². The van der Waals surface area contributed by atoms with Crippen molar-refractivity contribution >= 4 is 95.0 Å². The second kappa shape index (κ2) is 31.8. The van der Waals surface area contributed by atoms with Crippen LogP contribution in [0.25, 0.3) is 31.2 Å². The molecule has 2 amide bonds. The summed E-state index contributed by atoms with van der Waals surface area (Å²) in [4.78, 5) is 68.3. The van der Waals surface area contributed by atoms with Gasteiger partial charge in [0, 0.05) is 123 Å². The van der Waals surface area contributed by atoms with Crippen molar-refractivity contribution in [1.29, 1.82) is 0 Å². The molecule has 18 nitrogen and oxygen atoms in total. The summed E-state index contributed by atoms with van der Waals surface area (Å²) in [5.41, 5.74) is 5.89. The number of carbonyl (C=O) groups excluding carboxylic acids is 2. The summed E-state index contributed by atoms with van der Waals surface area (Å²) in [6, 6.07) is 17.3. The molecule has 6 aliphatic rings. The molecule has 2 atom stereocenters. The van der Waals surface area contributed by atoms with Crippen molar-refractivity contribution in [3.63, 3.8) is 0 Å². The Hall–Kier alpha value is -7.61. The van der Waals surface area contributed by atoms with Gasteiger partial charge in [-0.1, -0.05) is 55.1 Å². The third-order valence-corrected chi connectivity index (χ3v) is 18.7. The summed E-state index contributed by atoms with van der Waals surface area (Å²) in [7, 11) is 4.18. The number of likely N-dealkylation sites (N-methyl/N-ethyl adjacent to an activating group) is 2. The number of halogens is 5. The molecule has 12 rings (SSSR count). The van der Waals surface area contributed by atoms with Crippen molar-refractivity contribution in [2.75, 3.05) is 139 Å². The molecule has 4 fully saturated rings. The molecule has 25 heteroatoms. The first kappa shape index (κ1) is 70.7. The van der Waals surface area contributed by atoms with Crippen molar-refractivity contribution in [3.05, 3.63) is 153 Å². The average molecular weight is 1350 g/mol. The zero-order valence-corrected chi connectivity index (χ0v) is 56.3. The Morgan fingerprint density at radius 2 is 1.07 bits per heavy atom. The van der Waals surface area contributed by atoms with Crippen molar-refractivity contribution in [2.45, 2.75) is 83.5 Å². The Balaban J connectivity index is 0.000000217. The van der Waals surface area contributed by atoms with E-state index in [1.807, 2.05) is 25.1 Å². The standard InChI is InChI=1S/C35H41F2N7O2.C34H38ClF2N7O2.2H2S/c1-5-31(45)44-14-13-43(21-27(44)19-38-3)34-28-11-12-42(30-18-26(33(36)37)17-25-8-6-7-23(2)32(25)30)22-29(28)39-35(40-34)46-16-15-41(4)20-24-9-10-24;1-4-30(45)44-13-12-43(20-25(44)18-38-2)33-26-10-11-42(29-17-24(32(36)37)16-23-6-5-7-27(35)31(23)29)21-28(26)39-34(40-33)46-15-14-41(3)19-22-8-9-22;;/h5-8,17-18,24,27,33H,1,9-16,19-22H2,2,4H3;4-7,16-17,22,25,32H,1,8-15,18-21H2,3H3;2*1H2/t27-;25-;;/m00../s1. The van der Waals surface area contributed by atoms with Gasteiger partial charge in [0.25, 0.3) is 12.9 Å². The Morgan fingerprint density at radius 3 is 1.50 bits per heavy atom. The van der Waals surface area contributed by atoms with E-state index in [9.17, 15) is 27.2 Å². The number of rotatable bonds is 22. The Labute approximate surface area is 567 Å². The highest BCUT2D eigenvalue weighted by Gasteiger charge is 2.38. The van der Waals surface area contributed by atoms with Gasteiger partial charge in [0.2, 0.25) is 24.9 Å². The second-order valence-electron chi connectivity index (χ2n) is 25.0. The number of benzene rings is 4. The molecule has 500 valence electrons. The number of anilines is 4. The van der Waals surface area contributed by atoms with Crippen LogP contribution in [-0.2, 0) is 35.5 Å². The summed E-state index contributed by atoms with van der Waals surface area (Å²) in [6.07, 6.45) is 3.69. The van der Waals surface area contributed by atoms with Gasteiger partial charge in [-0.25, -0.2) is 30.7 Å². The van der Waals surface area contributed by atoms with E-state index in [0.717, 1.165) is 99.6 Å². The molecule has 4 aliphatic heterocycles. The second-order valence-corrected chi connectivity index (χ2v) is 25.4. The number of aromatic nitrogens is 4. The molecular formula is C69H83ClF4N14O4S2. The fourth-order valence-electron chi connectivity index (χ4n) is 13.3. The van der Waals surface area contributed by atoms with Crippen LogP contribution in [-0.4, -0.2) is 182 Å². The molecule has 0 unspecified atom stereocenters. The highest BCUT2D eigenvalue weighted by Crippen LogP contribution is 2.42. The lowest BCUT2D eigenvalue weighted by molar-refractivity contribution is -0.129. The summed E-state index contributed by atoms with van der Waals surface area (Å²) in [5.74, 6) is 2.67. The minimum atomic E-state index is -2.62. The number of aryl methyl sites for hydroxylation is 1. The molecule has 4 aromatic carbocycles. The maximum Gasteiger partial charge on any atom is 0.318 e. The van der Waals surface area contributed by atoms with Gasteiger partial charge in [-0.05, 0) is 130 Å². The topological polar surface area (TPSA) is 139 Å². The fraction of sp³-hybridized carbons (Fsp3) is 0.478. The number of nitrogens with zero attached hydrogens (tertiary/aromatic N) is 14. The molecule has 2 saturated heterocycles. The SMILES string of the molecule is S.S.[C-]#[N+]C[C@H]1CN(c2nc(OCCN(C)CC3CC3)nc3c2CCN(c2cc(C(F)F)cc4cccc(C)c24)C3)CCN1C(=O)C=C.[C-]#[N+]C[C@H]1CN(c2nc(OCCN(C)CC3CC3)nc3c2CCN(c2cc(C(F)F)cc4cccc(Cl)c24)C3)CCN1C(=O)C=C. The van der Waals surface area contributed by atoms with E-state index in [0.29, 0.717) is 108 Å². The van der Waals surface area contributed by atoms with Crippen LogP contribution in [0.5, 0.6) is 12.0 Å². The third-order valence-electron chi connectivity index (χ3n) is 18.4. The van der Waals surface area contributed by atoms with E-state index in [1.54, 1.807) is 40.1 Å². The highest BCUT2D eigenvalue weighted by atomic mass is 35.5. The van der Waals surface area contributed by atoms with Gasteiger partial charge in [-0.3, -0.25) is 9.59 Å². The molecule has 6 heterocycles. The predicted octanol–water partition coefficient (Wildman–Crippen LogP) is 11.1. The summed E-state index contributed by atoms with van der Waals surface area (Å²) < 4.78 is 68.3. The Bertz CT molecular complexity index is 3570. The van der Waals surface area contributed by atoms with E-state index >= 15 is 0 Å². The van der Waals surface area contributed by atoms with Gasteiger partial charge in [-0.2, -0.15) is 46.9 Å². The lowest BCUT2D eigenvalue weighted by atomic mass is 9.97. The molecule has 0 N–H and O–H groups in total. The van der Waals surface area contributed by atoms with Crippen LogP contribution in [0.1, 0.15) is 77.7 Å². The van der Waals surface area contributed by atoms with E-state index in [2.05, 4.69) is 66.3 Å². The molecule has 0 spiro atoms. The fourth-order valence-corrected chi connectivity index (χ4v) is 13.5. The van der Waals surface area contributed by atoms with E-state index in [1.165, 1.54) is 50.0 Å². The van der Waals surface area contributed by atoms with Gasteiger partial charge >= 0.3 is 12.0 Å². The third kappa shape index (κ3) is 16.5. The first-order valence-corrected chi connectivity index (χ1v) is 32.1. The molecule has 2 saturated carbocycles. The first-order valence-electron chi connectivity index (χ1n) is 31.8. The van der Waals surface area contributed by atoms with E-state index in [-0.39, 0.29) is 87.1 Å². The highest BCUT2D eigenvalue weighted by molar-refractivity contribution is 7.59. The number of piperazine rings is 2. The molecule has 2 aliphatic carbocycles. The summed E-state index contributed by atoms with van der Waals surface area (Å²) >= 11 is 6.64. The van der Waals surface area contributed by atoms with E-state index < -0.39 is 12.9 Å². The van der Waals surface area contributed by atoms with Crippen molar-refractivity contribution in [3.8, 4) is 12.0 Å². The molecule has 0 bridgehead atoms. The van der Waals surface area contributed by atoms with Crippen molar-refractivity contribution < 1.29 is 36.6 Å². The number of fused-ring (bicyclic) bond motifs is 4. The molecule has 94 heavy (non-hydrogen) atoms. The largest absolute Gasteiger partial charge is 0.462 e. The molecule has 2 aromatic heterocycles. The number of carbonyl (C=O) groups is 2. The van der Waals surface area contributed by atoms with Gasteiger partial charge in [0.15, 0.2) is 0 Å². The quantitative estimate of drug-likeness (QED) is 0.0362. The lowest BCUT2D eigenvalue weighted by Crippen LogP contribution is -2.56. The number of alkyl halides is 4. The Morgan fingerprint density at radius 1 is 0.638 bits per heavy atom. The van der Waals surface area contributed by atoms with Crippen LogP contribution < -0.4 is 29.1 Å². The van der Waals surface area contributed by atoms with Crippen LogP contribution in [0, 0.1) is 31.9 Å². The van der Waals surface area contributed by atoms with Crippen LogP contribution in [0.2, 0.25) is 5.02 Å². The van der Waals surface area contributed by atoms with Gasteiger partial charge in [0.05, 0.1) is 29.5 Å². The predicted molar refractivity (Wildman–Crippen MR) is 372 cm³/mol. The zero-order chi connectivity index (χ0) is 64.7. The van der Waals surface area contributed by atoms with E-state index in [4.69, 9.17) is 54.2 Å². The average Bonchev–Trinajstić information content (AvgIpc) is 1.00. The number of ether oxygens (including phenoxy) is 2. The normalized spacial score (nSPS) is 17.8. The van der Waals surface area contributed by atoms with Gasteiger partial charge in [-0.15, -0.1) is 0 Å². The maximum atomic E-state index is 14.0. The molecule has 0 radical (unpaired) electrons. The van der Waals surface area contributed by atoms with Crippen LogP contribution >= 0.6 is 38.6 Å². The monoisotopic (exact) mass is 1350 g/mol. The van der Waals surface area contributed by atoms with Crippen LogP contribution in [0.4, 0.5) is 40.6 Å². The van der Waals surface area contributed by atoms with Gasteiger partial charge < -0.3 is 58.4 Å². The summed E-state index contributed by atoms with van der Waals surface area (Å²) in [5, 5.41) is 3.64.